The summed E-state index contributed by atoms with van der Waals surface area (Å²) in [6, 6.07) is 0. The lowest BCUT2D eigenvalue weighted by Gasteiger charge is -2.72. The Morgan fingerprint density at radius 1 is 0.774 bits per heavy atom. The van der Waals surface area contributed by atoms with Gasteiger partial charge in [-0.3, -0.25) is 4.79 Å². The lowest BCUT2D eigenvalue weighted by molar-refractivity contribution is -0.246. The molecule has 3 nitrogen and oxygen atoms in total. The number of aliphatic hydroxyl groups excluding tert-OH is 1. The van der Waals surface area contributed by atoms with Gasteiger partial charge in [0.1, 0.15) is 0 Å². The topological polar surface area (TPSA) is 46.5 Å². The number of hydrogen-bond donors (Lipinski definition) is 1. The lowest BCUT2D eigenvalue weighted by Crippen LogP contribution is -2.66. The molecular formula is C28H46O3. The second kappa shape index (κ2) is 6.73. The van der Waals surface area contributed by atoms with Gasteiger partial charge in [0, 0.05) is 0 Å². The molecule has 0 saturated heterocycles. The van der Waals surface area contributed by atoms with Gasteiger partial charge in [0.05, 0.1) is 18.6 Å². The highest BCUT2D eigenvalue weighted by molar-refractivity contribution is 5.78. The smallest absolute Gasteiger partial charge is 0.312 e. The van der Waals surface area contributed by atoms with Crippen LogP contribution in [0.25, 0.3) is 0 Å². The van der Waals surface area contributed by atoms with E-state index in [0.29, 0.717) is 34.0 Å². The molecule has 0 aromatic heterocycles. The van der Waals surface area contributed by atoms with E-state index < -0.39 is 0 Å². The van der Waals surface area contributed by atoms with Crippen molar-refractivity contribution in [1.82, 2.24) is 0 Å². The van der Waals surface area contributed by atoms with E-state index >= 15 is 0 Å². The zero-order chi connectivity index (χ0) is 22.4. The van der Waals surface area contributed by atoms with Crippen LogP contribution in [0.15, 0.2) is 0 Å². The number of ether oxygens (including phenoxy) is 1. The van der Waals surface area contributed by atoms with Gasteiger partial charge in [-0.15, -0.1) is 0 Å². The van der Waals surface area contributed by atoms with E-state index in [-0.39, 0.29) is 22.9 Å². The fraction of sp³-hybridized carbons (Fsp3) is 0.964. The van der Waals surface area contributed by atoms with Gasteiger partial charge in [0.25, 0.3) is 0 Å². The highest BCUT2D eigenvalue weighted by Crippen LogP contribution is 2.76. The normalized spacial score (nSPS) is 55.4. The van der Waals surface area contributed by atoms with Crippen LogP contribution >= 0.6 is 0 Å². The highest BCUT2D eigenvalue weighted by Gasteiger charge is 2.70. The Hall–Kier alpha value is -0.570. The third-order valence-electron chi connectivity index (χ3n) is 12.9. The zero-order valence-corrected chi connectivity index (χ0v) is 20.9. The van der Waals surface area contributed by atoms with E-state index in [2.05, 4.69) is 34.6 Å². The molecular weight excluding hydrogens is 384 g/mol. The lowest BCUT2D eigenvalue weighted by atomic mass is 9.32. The number of carbonyl (C=O) groups is 1. The molecule has 5 saturated carbocycles. The standard InChI is InChI=1S/C28H46O3/c1-24(2)20-11-15-27(5)21(25(20,3)14-12-22(24)29)10-9-18-19-8-7-13-28(19,23(30)31-6)17-16-26(18,27)4/h18-22,29H,7-17H2,1-6H3. The molecule has 176 valence electrons. The second-order valence-electron chi connectivity index (χ2n) is 13.7. The first-order chi connectivity index (χ1) is 14.5. The molecule has 5 aliphatic carbocycles. The molecule has 5 fully saturated rings. The number of rotatable bonds is 1. The minimum absolute atomic E-state index is 0.0180. The summed E-state index contributed by atoms with van der Waals surface area (Å²) in [5, 5.41) is 10.9. The molecule has 0 aliphatic heterocycles. The first kappa shape index (κ1) is 22.2. The summed E-state index contributed by atoms with van der Waals surface area (Å²) >= 11 is 0. The van der Waals surface area contributed by atoms with E-state index in [4.69, 9.17) is 4.74 Å². The molecule has 9 unspecified atom stereocenters. The van der Waals surface area contributed by atoms with Gasteiger partial charge in [-0.1, -0.05) is 41.0 Å². The molecule has 31 heavy (non-hydrogen) atoms. The van der Waals surface area contributed by atoms with Crippen LogP contribution in [0.4, 0.5) is 0 Å². The third-order valence-corrected chi connectivity index (χ3v) is 12.9. The summed E-state index contributed by atoms with van der Waals surface area (Å²) in [7, 11) is 1.60. The second-order valence-corrected chi connectivity index (χ2v) is 13.7. The predicted molar refractivity (Wildman–Crippen MR) is 123 cm³/mol. The molecule has 3 heteroatoms. The highest BCUT2D eigenvalue weighted by atomic mass is 16.5. The zero-order valence-electron chi connectivity index (χ0n) is 20.9. The predicted octanol–water partition coefficient (Wildman–Crippen LogP) is 6.38. The monoisotopic (exact) mass is 430 g/mol. The molecule has 0 heterocycles. The van der Waals surface area contributed by atoms with Crippen molar-refractivity contribution in [3.8, 4) is 0 Å². The SMILES string of the molecule is COC(=O)C12CCCC1C1CCC3C4(C)CCC(O)C(C)(C)C4CCC3(C)C1(C)CC2. The quantitative estimate of drug-likeness (QED) is 0.491. The van der Waals surface area contributed by atoms with Crippen LogP contribution in [0.2, 0.25) is 0 Å². The Morgan fingerprint density at radius 2 is 1.52 bits per heavy atom. The molecule has 1 N–H and O–H groups in total. The summed E-state index contributed by atoms with van der Waals surface area (Å²) in [6.07, 6.45) is 12.8. The van der Waals surface area contributed by atoms with E-state index in [9.17, 15) is 9.90 Å². The first-order valence-electron chi connectivity index (χ1n) is 13.2. The first-order valence-corrected chi connectivity index (χ1v) is 13.2. The number of methoxy groups -OCH3 is 1. The average Bonchev–Trinajstić information content (AvgIpc) is 3.16. The molecule has 5 rings (SSSR count). The fourth-order valence-electron chi connectivity index (χ4n) is 11.1. The van der Waals surface area contributed by atoms with Crippen LogP contribution in [-0.2, 0) is 9.53 Å². The van der Waals surface area contributed by atoms with Gasteiger partial charge in [-0.25, -0.2) is 0 Å². The van der Waals surface area contributed by atoms with Crippen molar-refractivity contribution in [2.45, 2.75) is 111 Å². The Kier molecular flexibility index (Phi) is 4.83. The van der Waals surface area contributed by atoms with E-state index in [1.807, 2.05) is 0 Å². The molecule has 9 atom stereocenters. The average molecular weight is 431 g/mol. The van der Waals surface area contributed by atoms with Crippen molar-refractivity contribution in [1.29, 1.82) is 0 Å². The Balaban J connectivity index is 1.52. The van der Waals surface area contributed by atoms with E-state index in [0.717, 1.165) is 25.2 Å². The molecule has 0 bridgehead atoms. The van der Waals surface area contributed by atoms with E-state index in [1.54, 1.807) is 7.11 Å². The summed E-state index contributed by atoms with van der Waals surface area (Å²) < 4.78 is 5.40. The van der Waals surface area contributed by atoms with E-state index in [1.165, 1.54) is 51.4 Å². The van der Waals surface area contributed by atoms with Crippen LogP contribution in [0.3, 0.4) is 0 Å². The van der Waals surface area contributed by atoms with Crippen LogP contribution in [0.1, 0.15) is 105 Å². The molecule has 0 amide bonds. The van der Waals surface area contributed by atoms with Crippen molar-refractivity contribution >= 4 is 5.97 Å². The number of hydrogen-bond acceptors (Lipinski definition) is 3. The maximum absolute atomic E-state index is 13.0. The largest absolute Gasteiger partial charge is 0.469 e. The van der Waals surface area contributed by atoms with Crippen LogP contribution in [0.5, 0.6) is 0 Å². The minimum atomic E-state index is -0.194. The van der Waals surface area contributed by atoms with Crippen molar-refractivity contribution in [3.63, 3.8) is 0 Å². The summed E-state index contributed by atoms with van der Waals surface area (Å²) in [5.41, 5.74) is 0.807. The fourth-order valence-corrected chi connectivity index (χ4v) is 11.1. The van der Waals surface area contributed by atoms with Crippen LogP contribution < -0.4 is 0 Å². The van der Waals surface area contributed by atoms with Gasteiger partial charge in [-0.05, 0) is 110 Å². The summed E-state index contributed by atoms with van der Waals surface area (Å²) in [5.74, 6) is 2.62. The molecule has 0 radical (unpaired) electrons. The van der Waals surface area contributed by atoms with Gasteiger partial charge in [0.2, 0.25) is 0 Å². The minimum Gasteiger partial charge on any atom is -0.469 e. The molecule has 5 aliphatic rings. The van der Waals surface area contributed by atoms with Gasteiger partial charge >= 0.3 is 5.97 Å². The Labute approximate surface area is 190 Å². The summed E-state index contributed by atoms with van der Waals surface area (Å²) in [6.45, 7) is 12.5. The Morgan fingerprint density at radius 3 is 2.23 bits per heavy atom. The molecule has 0 aromatic rings. The number of fused-ring (bicyclic) bond motifs is 7. The van der Waals surface area contributed by atoms with Gasteiger partial charge < -0.3 is 9.84 Å². The number of carbonyl (C=O) groups excluding carboxylic acids is 1. The number of esters is 1. The van der Waals surface area contributed by atoms with Crippen molar-refractivity contribution < 1.29 is 14.6 Å². The van der Waals surface area contributed by atoms with Crippen LogP contribution in [-0.4, -0.2) is 24.3 Å². The molecule has 0 spiro atoms. The van der Waals surface area contributed by atoms with Crippen LogP contribution in [0, 0.1) is 50.7 Å². The van der Waals surface area contributed by atoms with Crippen molar-refractivity contribution in [2.75, 3.05) is 7.11 Å². The van der Waals surface area contributed by atoms with Gasteiger partial charge in [-0.2, -0.15) is 0 Å². The Bertz CT molecular complexity index is 759. The summed E-state index contributed by atoms with van der Waals surface area (Å²) in [4.78, 5) is 13.0. The maximum Gasteiger partial charge on any atom is 0.312 e. The number of aliphatic hydroxyl groups is 1. The van der Waals surface area contributed by atoms with Crippen molar-refractivity contribution in [2.24, 2.45) is 50.7 Å². The maximum atomic E-state index is 13.0. The van der Waals surface area contributed by atoms with Gasteiger partial charge in [0.15, 0.2) is 0 Å². The third kappa shape index (κ3) is 2.54. The molecule has 0 aromatic carbocycles. The van der Waals surface area contributed by atoms with Crippen molar-refractivity contribution in [3.05, 3.63) is 0 Å².